The zero-order valence-electron chi connectivity index (χ0n) is 14.3. The van der Waals surface area contributed by atoms with Crippen LogP contribution in [-0.4, -0.2) is 36.9 Å². The fourth-order valence-corrected chi connectivity index (χ4v) is 2.71. The second-order valence-corrected chi connectivity index (χ2v) is 5.65. The van der Waals surface area contributed by atoms with Gasteiger partial charge in [0.1, 0.15) is 11.5 Å². The quantitative estimate of drug-likeness (QED) is 0.725. The van der Waals surface area contributed by atoms with Gasteiger partial charge in [-0.1, -0.05) is 0 Å². The highest BCUT2D eigenvalue weighted by atomic mass is 32.1. The topological polar surface area (TPSA) is 46.9 Å². The van der Waals surface area contributed by atoms with Crippen LogP contribution in [-0.2, 0) is 4.74 Å². The number of nitrogens with zero attached hydrogens (tertiary/aromatic N) is 1. The van der Waals surface area contributed by atoms with Gasteiger partial charge in [-0.05, 0) is 62.5 Å². The number of benzene rings is 1. The van der Waals surface area contributed by atoms with E-state index in [4.69, 9.17) is 26.1 Å². The van der Waals surface area contributed by atoms with Crippen LogP contribution >= 0.6 is 12.2 Å². The van der Waals surface area contributed by atoms with Crippen LogP contribution in [0.1, 0.15) is 25.6 Å². The third kappa shape index (κ3) is 4.97. The van der Waals surface area contributed by atoms with Gasteiger partial charge in [-0.15, -0.1) is 0 Å². The van der Waals surface area contributed by atoms with E-state index in [2.05, 4.69) is 12.2 Å². The molecule has 0 aliphatic heterocycles. The molecule has 0 unspecified atom stereocenters. The Hall–Kier alpha value is -2.05. The van der Waals surface area contributed by atoms with Crippen molar-refractivity contribution in [1.29, 1.82) is 0 Å². The highest BCUT2D eigenvalue weighted by Gasteiger charge is 2.20. The SMILES string of the molecule is CCOc1ccc(NC(=S)N(CCOC)[C@@H](C)c2ccco2)cc1. The molecule has 2 aromatic rings. The zero-order chi connectivity index (χ0) is 17.4. The van der Waals surface area contributed by atoms with Gasteiger partial charge in [0.2, 0.25) is 0 Å². The second-order valence-electron chi connectivity index (χ2n) is 5.27. The molecule has 5 nitrogen and oxygen atoms in total. The molecule has 0 bridgehead atoms. The summed E-state index contributed by atoms with van der Waals surface area (Å²) < 4.78 is 16.2. The molecule has 2 rings (SSSR count). The van der Waals surface area contributed by atoms with Gasteiger partial charge in [0.05, 0.1) is 25.5 Å². The summed E-state index contributed by atoms with van der Waals surface area (Å²) in [5, 5.41) is 3.89. The number of furan rings is 1. The molecule has 1 heterocycles. The first kappa shape index (κ1) is 18.3. The van der Waals surface area contributed by atoms with E-state index in [-0.39, 0.29) is 6.04 Å². The van der Waals surface area contributed by atoms with Crippen molar-refractivity contribution in [2.24, 2.45) is 0 Å². The Morgan fingerprint density at radius 2 is 2.04 bits per heavy atom. The molecule has 1 N–H and O–H groups in total. The standard InChI is InChI=1S/C18H24N2O3S/c1-4-22-16-9-7-15(8-10-16)19-18(24)20(11-13-21-3)14(2)17-6-5-12-23-17/h5-10,12,14H,4,11,13H2,1-3H3,(H,19,24)/t14-/m0/s1. The van der Waals surface area contributed by atoms with Crippen LogP contribution in [0.3, 0.4) is 0 Å². The molecule has 1 aromatic carbocycles. The predicted molar refractivity (Wildman–Crippen MR) is 99.5 cm³/mol. The Kier molecular flexibility index (Phi) is 7.08. The van der Waals surface area contributed by atoms with E-state index >= 15 is 0 Å². The minimum atomic E-state index is 0.0119. The number of thiocarbonyl (C=S) groups is 1. The van der Waals surface area contributed by atoms with Crippen LogP contribution in [0.25, 0.3) is 0 Å². The maximum absolute atomic E-state index is 5.59. The van der Waals surface area contributed by atoms with Crippen LogP contribution in [0.4, 0.5) is 5.69 Å². The number of hydrogen-bond acceptors (Lipinski definition) is 4. The van der Waals surface area contributed by atoms with E-state index in [9.17, 15) is 0 Å². The molecule has 1 atom stereocenters. The third-order valence-corrected chi connectivity index (χ3v) is 3.97. The smallest absolute Gasteiger partial charge is 0.174 e. The molecule has 6 heteroatoms. The summed E-state index contributed by atoms with van der Waals surface area (Å²) in [5.74, 6) is 1.70. The van der Waals surface area contributed by atoms with Crippen LogP contribution in [0, 0.1) is 0 Å². The highest BCUT2D eigenvalue weighted by molar-refractivity contribution is 7.80. The molecular formula is C18H24N2O3S. The molecule has 1 aromatic heterocycles. The van der Waals surface area contributed by atoms with Crippen LogP contribution in [0.15, 0.2) is 47.1 Å². The molecular weight excluding hydrogens is 324 g/mol. The summed E-state index contributed by atoms with van der Waals surface area (Å²) in [6.07, 6.45) is 1.67. The summed E-state index contributed by atoms with van der Waals surface area (Å²) in [6, 6.07) is 11.6. The average Bonchev–Trinajstić information content (AvgIpc) is 3.11. The first-order valence-corrected chi connectivity index (χ1v) is 8.39. The zero-order valence-corrected chi connectivity index (χ0v) is 15.1. The molecule has 24 heavy (non-hydrogen) atoms. The lowest BCUT2D eigenvalue weighted by molar-refractivity contribution is 0.160. The number of hydrogen-bond donors (Lipinski definition) is 1. The highest BCUT2D eigenvalue weighted by Crippen LogP contribution is 2.22. The van der Waals surface area contributed by atoms with Gasteiger partial charge >= 0.3 is 0 Å². The Bertz CT molecular complexity index is 614. The van der Waals surface area contributed by atoms with E-state index < -0.39 is 0 Å². The van der Waals surface area contributed by atoms with Gasteiger partial charge in [-0.25, -0.2) is 0 Å². The Morgan fingerprint density at radius 1 is 1.29 bits per heavy atom. The van der Waals surface area contributed by atoms with Crippen molar-refractivity contribution in [3.05, 3.63) is 48.4 Å². The fourth-order valence-electron chi connectivity index (χ4n) is 2.34. The fraction of sp³-hybridized carbons (Fsp3) is 0.389. The minimum Gasteiger partial charge on any atom is -0.494 e. The van der Waals surface area contributed by atoms with E-state index in [1.54, 1.807) is 13.4 Å². The van der Waals surface area contributed by atoms with Crippen LogP contribution in [0.5, 0.6) is 5.75 Å². The van der Waals surface area contributed by atoms with Gasteiger partial charge < -0.3 is 24.1 Å². The third-order valence-electron chi connectivity index (χ3n) is 3.64. The molecule has 130 valence electrons. The van der Waals surface area contributed by atoms with Crippen molar-refractivity contribution in [3.63, 3.8) is 0 Å². The number of nitrogens with one attached hydrogen (secondary N) is 1. The first-order chi connectivity index (χ1) is 11.7. The van der Waals surface area contributed by atoms with Gasteiger partial charge in [-0.2, -0.15) is 0 Å². The predicted octanol–water partition coefficient (Wildman–Crippen LogP) is 4.08. The Labute approximate surface area is 148 Å². The summed E-state index contributed by atoms with van der Waals surface area (Å²) in [7, 11) is 1.68. The Morgan fingerprint density at radius 3 is 2.62 bits per heavy atom. The average molecular weight is 348 g/mol. The van der Waals surface area contributed by atoms with Gasteiger partial charge in [-0.3, -0.25) is 0 Å². The van der Waals surface area contributed by atoms with Crippen molar-refractivity contribution in [1.82, 2.24) is 4.90 Å². The molecule has 0 saturated heterocycles. The molecule has 0 amide bonds. The van der Waals surface area contributed by atoms with Crippen LogP contribution < -0.4 is 10.1 Å². The maximum Gasteiger partial charge on any atom is 0.174 e. The number of methoxy groups -OCH3 is 1. The Balaban J connectivity index is 2.06. The van der Waals surface area contributed by atoms with Gasteiger partial charge in [0, 0.05) is 19.3 Å². The van der Waals surface area contributed by atoms with Gasteiger partial charge in [0.15, 0.2) is 5.11 Å². The summed E-state index contributed by atoms with van der Waals surface area (Å²) >= 11 is 5.59. The monoisotopic (exact) mass is 348 g/mol. The first-order valence-electron chi connectivity index (χ1n) is 7.98. The van der Waals surface area contributed by atoms with E-state index in [1.807, 2.05) is 48.2 Å². The van der Waals surface area contributed by atoms with Crippen molar-refractivity contribution in [2.75, 3.05) is 32.2 Å². The van der Waals surface area contributed by atoms with E-state index in [0.717, 1.165) is 17.2 Å². The van der Waals surface area contributed by atoms with Crippen LogP contribution in [0.2, 0.25) is 0 Å². The summed E-state index contributed by atoms with van der Waals surface area (Å²) in [6.45, 7) is 5.92. The minimum absolute atomic E-state index is 0.0119. The van der Waals surface area contributed by atoms with E-state index in [1.165, 1.54) is 0 Å². The normalized spacial score (nSPS) is 11.8. The van der Waals surface area contributed by atoms with Crippen molar-refractivity contribution in [2.45, 2.75) is 19.9 Å². The molecule has 0 saturated carbocycles. The number of rotatable bonds is 8. The number of ether oxygens (including phenoxy) is 2. The second kappa shape index (κ2) is 9.30. The maximum atomic E-state index is 5.59. The lowest BCUT2D eigenvalue weighted by Crippen LogP contribution is -2.38. The van der Waals surface area contributed by atoms with Crippen molar-refractivity contribution < 1.29 is 13.9 Å². The molecule has 0 spiro atoms. The summed E-state index contributed by atoms with van der Waals surface area (Å²) in [4.78, 5) is 2.05. The van der Waals surface area contributed by atoms with Gasteiger partial charge in [0.25, 0.3) is 0 Å². The molecule has 0 radical (unpaired) electrons. The molecule has 0 aliphatic carbocycles. The molecule has 0 fully saturated rings. The summed E-state index contributed by atoms with van der Waals surface area (Å²) in [5.41, 5.74) is 0.914. The number of anilines is 1. The lowest BCUT2D eigenvalue weighted by Gasteiger charge is -2.30. The van der Waals surface area contributed by atoms with E-state index in [0.29, 0.717) is 24.9 Å². The van der Waals surface area contributed by atoms with Crippen molar-refractivity contribution >= 4 is 23.0 Å². The largest absolute Gasteiger partial charge is 0.494 e. The molecule has 0 aliphatic rings. The lowest BCUT2D eigenvalue weighted by atomic mass is 10.2. The van der Waals surface area contributed by atoms with Crippen molar-refractivity contribution in [3.8, 4) is 5.75 Å².